The molecule has 1 amide bonds. The minimum absolute atomic E-state index is 0.0417. The smallest absolute Gasteiger partial charge is 0.311 e. The topological polar surface area (TPSA) is 103 Å². The van der Waals surface area contributed by atoms with Crippen LogP contribution in [0.1, 0.15) is 10.4 Å². The molecule has 21 heavy (non-hydrogen) atoms. The summed E-state index contributed by atoms with van der Waals surface area (Å²) >= 11 is 0. The van der Waals surface area contributed by atoms with Crippen molar-refractivity contribution in [3.05, 3.63) is 33.9 Å². The van der Waals surface area contributed by atoms with Crippen molar-refractivity contribution in [2.24, 2.45) is 0 Å². The summed E-state index contributed by atoms with van der Waals surface area (Å²) in [5.41, 5.74) is -0.105. The van der Waals surface area contributed by atoms with Crippen LogP contribution in [0.5, 0.6) is 5.75 Å². The molecule has 1 heterocycles. The number of rotatable bonds is 5. The lowest BCUT2D eigenvalue weighted by Crippen LogP contribution is -2.43. The van der Waals surface area contributed by atoms with E-state index in [4.69, 9.17) is 9.47 Å². The Bertz CT molecular complexity index is 549. The summed E-state index contributed by atoms with van der Waals surface area (Å²) in [6, 6.07) is 4.05. The molecule has 1 saturated heterocycles. The van der Waals surface area contributed by atoms with Crippen LogP contribution in [-0.4, -0.2) is 50.3 Å². The maximum absolute atomic E-state index is 12.3. The van der Waals surface area contributed by atoms with E-state index in [9.17, 15) is 14.9 Å². The van der Waals surface area contributed by atoms with Crippen LogP contribution < -0.4 is 15.4 Å². The molecule has 0 bridgehead atoms. The predicted molar refractivity (Wildman–Crippen MR) is 74.6 cm³/mol. The number of hydrogen-bond donors (Lipinski definition) is 2. The third kappa shape index (κ3) is 3.11. The first-order valence-electron chi connectivity index (χ1n) is 6.44. The first-order chi connectivity index (χ1) is 10.1. The van der Waals surface area contributed by atoms with E-state index in [0.717, 1.165) is 0 Å². The highest BCUT2D eigenvalue weighted by molar-refractivity contribution is 5.98. The lowest BCUT2D eigenvalue weighted by atomic mass is 10.1. The van der Waals surface area contributed by atoms with Gasteiger partial charge in [0.2, 0.25) is 5.75 Å². The van der Waals surface area contributed by atoms with Gasteiger partial charge in [0, 0.05) is 26.3 Å². The van der Waals surface area contributed by atoms with Crippen molar-refractivity contribution < 1.29 is 19.2 Å². The fourth-order valence-electron chi connectivity index (χ4n) is 2.35. The number of ether oxygens (including phenoxy) is 2. The largest absolute Gasteiger partial charge is 0.490 e. The van der Waals surface area contributed by atoms with E-state index in [1.807, 2.05) is 0 Å². The Hall–Kier alpha value is -2.19. The van der Waals surface area contributed by atoms with Gasteiger partial charge in [0.05, 0.1) is 29.7 Å². The normalized spacial score (nSPS) is 21.0. The van der Waals surface area contributed by atoms with Gasteiger partial charge in [-0.2, -0.15) is 0 Å². The Morgan fingerprint density at radius 2 is 2.19 bits per heavy atom. The molecule has 1 aromatic carbocycles. The molecule has 2 atom stereocenters. The number of carbonyl (C=O) groups excluding carboxylic acids is 1. The van der Waals surface area contributed by atoms with E-state index in [2.05, 4.69) is 10.6 Å². The highest BCUT2D eigenvalue weighted by Gasteiger charge is 2.30. The number of amides is 1. The zero-order chi connectivity index (χ0) is 15.4. The second-order valence-electron chi connectivity index (χ2n) is 4.63. The molecule has 1 aliphatic rings. The number of para-hydroxylation sites is 1. The van der Waals surface area contributed by atoms with E-state index in [1.54, 1.807) is 7.11 Å². The van der Waals surface area contributed by atoms with E-state index < -0.39 is 10.8 Å². The maximum atomic E-state index is 12.3. The molecule has 0 radical (unpaired) electrons. The van der Waals surface area contributed by atoms with Crippen molar-refractivity contribution in [3.63, 3.8) is 0 Å². The van der Waals surface area contributed by atoms with Crippen molar-refractivity contribution in [1.29, 1.82) is 0 Å². The molecule has 114 valence electrons. The zero-order valence-electron chi connectivity index (χ0n) is 11.8. The van der Waals surface area contributed by atoms with Gasteiger partial charge in [-0.25, -0.2) is 0 Å². The second kappa shape index (κ2) is 6.51. The third-order valence-electron chi connectivity index (χ3n) is 3.42. The Balaban J connectivity index is 2.23. The highest BCUT2D eigenvalue weighted by Crippen LogP contribution is 2.30. The summed E-state index contributed by atoms with van der Waals surface area (Å²) in [7, 11) is 2.87. The standard InChI is InChI=1S/C13H17N3O5/c1-20-11-7-14-6-9(11)15-13(17)8-4-3-5-10(16(18)19)12(8)21-2/h3-5,9,11,14H,6-7H2,1-2H3,(H,15,17)/t9?,11-/m0/s1. The molecule has 8 heteroatoms. The van der Waals surface area contributed by atoms with Crippen molar-refractivity contribution in [3.8, 4) is 5.75 Å². The van der Waals surface area contributed by atoms with Gasteiger partial charge in [0.25, 0.3) is 5.91 Å². The Morgan fingerprint density at radius 3 is 2.81 bits per heavy atom. The monoisotopic (exact) mass is 295 g/mol. The number of methoxy groups -OCH3 is 2. The van der Waals surface area contributed by atoms with Crippen LogP contribution in [0.15, 0.2) is 18.2 Å². The molecule has 0 spiro atoms. The van der Waals surface area contributed by atoms with Gasteiger partial charge < -0.3 is 20.1 Å². The molecule has 1 unspecified atom stereocenters. The summed E-state index contributed by atoms with van der Waals surface area (Å²) in [4.78, 5) is 22.7. The minimum atomic E-state index is -0.579. The predicted octanol–water partition coefficient (Wildman–Crippen LogP) is 0.320. The molecule has 8 nitrogen and oxygen atoms in total. The average molecular weight is 295 g/mol. The molecule has 2 N–H and O–H groups in total. The van der Waals surface area contributed by atoms with Crippen LogP contribution in [-0.2, 0) is 4.74 Å². The molecule has 1 aromatic rings. The van der Waals surface area contributed by atoms with E-state index >= 15 is 0 Å². The number of hydrogen-bond acceptors (Lipinski definition) is 6. The van der Waals surface area contributed by atoms with Gasteiger partial charge in [-0.1, -0.05) is 6.07 Å². The summed E-state index contributed by atoms with van der Waals surface area (Å²) in [6.07, 6.45) is -0.126. The van der Waals surface area contributed by atoms with Crippen LogP contribution in [0.25, 0.3) is 0 Å². The molecule has 2 rings (SSSR count). The molecule has 1 fully saturated rings. The number of nitro groups is 1. The maximum Gasteiger partial charge on any atom is 0.311 e. The third-order valence-corrected chi connectivity index (χ3v) is 3.42. The van der Waals surface area contributed by atoms with Crippen molar-refractivity contribution in [2.45, 2.75) is 12.1 Å². The quantitative estimate of drug-likeness (QED) is 0.599. The molecular weight excluding hydrogens is 278 g/mol. The Labute approximate surface area is 121 Å². The van der Waals surface area contributed by atoms with Crippen LogP contribution in [0.2, 0.25) is 0 Å². The molecule has 0 aromatic heterocycles. The summed E-state index contributed by atoms with van der Waals surface area (Å²) in [5, 5.41) is 16.9. The minimum Gasteiger partial charge on any atom is -0.490 e. The van der Waals surface area contributed by atoms with E-state index in [1.165, 1.54) is 25.3 Å². The van der Waals surface area contributed by atoms with E-state index in [-0.39, 0.29) is 29.1 Å². The van der Waals surface area contributed by atoms with Gasteiger partial charge in [-0.05, 0) is 6.07 Å². The van der Waals surface area contributed by atoms with Crippen LogP contribution >= 0.6 is 0 Å². The first-order valence-corrected chi connectivity index (χ1v) is 6.44. The second-order valence-corrected chi connectivity index (χ2v) is 4.63. The number of nitrogens with one attached hydrogen (secondary N) is 2. The summed E-state index contributed by atoms with van der Waals surface area (Å²) < 4.78 is 10.3. The highest BCUT2D eigenvalue weighted by atomic mass is 16.6. The SMILES string of the molecule is COc1c(C(=O)NC2CNC[C@@H]2OC)cccc1[N+](=O)[O-]. The van der Waals surface area contributed by atoms with Gasteiger partial charge in [0.15, 0.2) is 0 Å². The van der Waals surface area contributed by atoms with Crippen LogP contribution in [0.4, 0.5) is 5.69 Å². The van der Waals surface area contributed by atoms with Crippen molar-refractivity contribution in [2.75, 3.05) is 27.3 Å². The Kier molecular flexibility index (Phi) is 4.71. The molecule has 0 saturated carbocycles. The molecule has 0 aliphatic carbocycles. The number of nitro benzene ring substituents is 1. The van der Waals surface area contributed by atoms with Gasteiger partial charge in [0.1, 0.15) is 0 Å². The number of carbonyl (C=O) groups is 1. The van der Waals surface area contributed by atoms with Gasteiger partial charge >= 0.3 is 5.69 Å². The Morgan fingerprint density at radius 1 is 1.43 bits per heavy atom. The fourth-order valence-corrected chi connectivity index (χ4v) is 2.35. The van der Waals surface area contributed by atoms with Gasteiger partial charge in [-0.3, -0.25) is 14.9 Å². The lowest BCUT2D eigenvalue weighted by Gasteiger charge is -2.19. The molecule has 1 aliphatic heterocycles. The van der Waals surface area contributed by atoms with Crippen LogP contribution in [0.3, 0.4) is 0 Å². The number of benzene rings is 1. The summed E-state index contributed by atoms with van der Waals surface area (Å²) in [6.45, 7) is 1.23. The molecular formula is C13H17N3O5. The number of nitrogens with zero attached hydrogens (tertiary/aromatic N) is 1. The van der Waals surface area contributed by atoms with Gasteiger partial charge in [-0.15, -0.1) is 0 Å². The van der Waals surface area contributed by atoms with Crippen LogP contribution in [0, 0.1) is 10.1 Å². The van der Waals surface area contributed by atoms with Crippen molar-refractivity contribution in [1.82, 2.24) is 10.6 Å². The fraction of sp³-hybridized carbons (Fsp3) is 0.462. The lowest BCUT2D eigenvalue weighted by molar-refractivity contribution is -0.385. The van der Waals surface area contributed by atoms with Crippen molar-refractivity contribution >= 4 is 11.6 Å². The van der Waals surface area contributed by atoms with E-state index in [0.29, 0.717) is 13.1 Å². The zero-order valence-corrected chi connectivity index (χ0v) is 11.8. The first kappa shape index (κ1) is 15.2. The summed E-state index contributed by atoms with van der Waals surface area (Å²) in [5.74, 6) is -0.466. The average Bonchev–Trinajstić information content (AvgIpc) is 2.93.